The molecule has 0 bridgehead atoms. The van der Waals surface area contributed by atoms with E-state index in [-0.39, 0.29) is 5.60 Å². The number of ether oxygens (including phenoxy) is 2. The van der Waals surface area contributed by atoms with E-state index >= 15 is 0 Å². The third-order valence-electron chi connectivity index (χ3n) is 2.45. The first-order valence-corrected chi connectivity index (χ1v) is 3.32. The molecule has 2 heteroatoms. The van der Waals surface area contributed by atoms with Crippen molar-refractivity contribution in [1.29, 1.82) is 0 Å². The van der Waals surface area contributed by atoms with Gasteiger partial charge in [0, 0.05) is 0 Å². The molecule has 0 aromatic rings. The van der Waals surface area contributed by atoms with Gasteiger partial charge < -0.3 is 9.47 Å². The molecule has 4 atom stereocenters. The SMILES string of the molecule is C[C@@]12O[C@@H]1C=C[C@H]1O[C@H]12. The summed E-state index contributed by atoms with van der Waals surface area (Å²) in [5.41, 5.74) is 0.0689. The van der Waals surface area contributed by atoms with E-state index in [4.69, 9.17) is 9.47 Å². The van der Waals surface area contributed by atoms with Gasteiger partial charge in [0.05, 0.1) is 0 Å². The van der Waals surface area contributed by atoms with Gasteiger partial charge >= 0.3 is 0 Å². The summed E-state index contributed by atoms with van der Waals surface area (Å²) >= 11 is 0. The van der Waals surface area contributed by atoms with Gasteiger partial charge in [-0.05, 0) is 6.92 Å². The zero-order chi connectivity index (χ0) is 6.06. The molecule has 0 aromatic heterocycles. The van der Waals surface area contributed by atoms with E-state index in [9.17, 15) is 0 Å². The van der Waals surface area contributed by atoms with Gasteiger partial charge in [-0.2, -0.15) is 0 Å². The van der Waals surface area contributed by atoms with Crippen molar-refractivity contribution in [2.75, 3.05) is 0 Å². The molecule has 3 rings (SSSR count). The van der Waals surface area contributed by atoms with Crippen LogP contribution in [-0.2, 0) is 9.47 Å². The summed E-state index contributed by atoms with van der Waals surface area (Å²) < 4.78 is 10.7. The lowest BCUT2D eigenvalue weighted by molar-refractivity contribution is 0.248. The Morgan fingerprint density at radius 1 is 1.44 bits per heavy atom. The van der Waals surface area contributed by atoms with Gasteiger partial charge in [0.25, 0.3) is 0 Å². The van der Waals surface area contributed by atoms with Crippen LogP contribution in [0.2, 0.25) is 0 Å². The Balaban J connectivity index is 2.06. The molecule has 2 nitrogen and oxygen atoms in total. The number of hydrogen-bond acceptors (Lipinski definition) is 2. The zero-order valence-electron chi connectivity index (χ0n) is 5.20. The van der Waals surface area contributed by atoms with Crippen LogP contribution in [0.3, 0.4) is 0 Å². The molecule has 0 radical (unpaired) electrons. The van der Waals surface area contributed by atoms with E-state index < -0.39 is 0 Å². The molecule has 2 aliphatic heterocycles. The number of hydrogen-bond donors (Lipinski definition) is 0. The first-order chi connectivity index (χ1) is 4.31. The molecule has 2 heterocycles. The summed E-state index contributed by atoms with van der Waals surface area (Å²) in [7, 11) is 0. The predicted octanol–water partition coefficient (Wildman–Crippen LogP) is 0.481. The highest BCUT2D eigenvalue weighted by atomic mass is 16.7. The van der Waals surface area contributed by atoms with Crippen LogP contribution in [0, 0.1) is 0 Å². The van der Waals surface area contributed by atoms with E-state index in [0.29, 0.717) is 18.3 Å². The van der Waals surface area contributed by atoms with Crippen molar-refractivity contribution in [2.45, 2.75) is 30.8 Å². The lowest BCUT2D eigenvalue weighted by Crippen LogP contribution is -2.21. The van der Waals surface area contributed by atoms with Gasteiger partial charge in [-0.1, -0.05) is 12.2 Å². The Labute approximate surface area is 53.4 Å². The molecule has 1 aliphatic carbocycles. The number of epoxide rings is 2. The van der Waals surface area contributed by atoms with Crippen molar-refractivity contribution < 1.29 is 9.47 Å². The molecule has 0 unspecified atom stereocenters. The summed E-state index contributed by atoms with van der Waals surface area (Å²) in [5, 5.41) is 0. The first kappa shape index (κ1) is 4.47. The van der Waals surface area contributed by atoms with Crippen LogP contribution in [0.15, 0.2) is 12.2 Å². The molecule has 9 heavy (non-hydrogen) atoms. The van der Waals surface area contributed by atoms with Crippen molar-refractivity contribution >= 4 is 0 Å². The minimum absolute atomic E-state index is 0.0689. The average Bonchev–Trinajstić information content (AvgIpc) is 2.52. The van der Waals surface area contributed by atoms with Gasteiger partial charge in [-0.3, -0.25) is 0 Å². The third-order valence-corrected chi connectivity index (χ3v) is 2.45. The van der Waals surface area contributed by atoms with Gasteiger partial charge in [0.15, 0.2) is 0 Å². The van der Waals surface area contributed by atoms with E-state index in [2.05, 4.69) is 19.1 Å². The van der Waals surface area contributed by atoms with Gasteiger partial charge in [-0.25, -0.2) is 0 Å². The molecule has 0 amide bonds. The molecule has 2 saturated heterocycles. The van der Waals surface area contributed by atoms with E-state index in [1.165, 1.54) is 0 Å². The summed E-state index contributed by atoms with van der Waals surface area (Å²) in [4.78, 5) is 0. The predicted molar refractivity (Wildman–Crippen MR) is 31.1 cm³/mol. The fourth-order valence-electron chi connectivity index (χ4n) is 1.64. The summed E-state index contributed by atoms with van der Waals surface area (Å²) in [5.74, 6) is 0. The summed E-state index contributed by atoms with van der Waals surface area (Å²) in [6.07, 6.45) is 5.33. The molecule has 2 fully saturated rings. The average molecular weight is 124 g/mol. The molecular formula is C7H8O2. The van der Waals surface area contributed by atoms with E-state index in [1.54, 1.807) is 0 Å². The van der Waals surface area contributed by atoms with E-state index in [0.717, 1.165) is 0 Å². The maximum absolute atomic E-state index is 5.41. The molecule has 3 aliphatic rings. The minimum Gasteiger partial charge on any atom is -0.362 e. The van der Waals surface area contributed by atoms with Crippen molar-refractivity contribution in [3.05, 3.63) is 12.2 Å². The second-order valence-corrected chi connectivity index (χ2v) is 3.13. The molecule has 0 saturated carbocycles. The van der Waals surface area contributed by atoms with Crippen LogP contribution in [0.1, 0.15) is 6.92 Å². The fraction of sp³-hybridized carbons (Fsp3) is 0.714. The highest BCUT2D eigenvalue weighted by Gasteiger charge is 2.68. The minimum atomic E-state index is 0.0689. The second kappa shape index (κ2) is 0.976. The fourth-order valence-corrected chi connectivity index (χ4v) is 1.64. The highest BCUT2D eigenvalue weighted by Crippen LogP contribution is 2.52. The van der Waals surface area contributed by atoms with Crippen LogP contribution in [0.5, 0.6) is 0 Å². The van der Waals surface area contributed by atoms with Crippen LogP contribution >= 0.6 is 0 Å². The molecule has 0 N–H and O–H groups in total. The molecule has 48 valence electrons. The topological polar surface area (TPSA) is 25.1 Å². The maximum atomic E-state index is 5.41. The van der Waals surface area contributed by atoms with Crippen LogP contribution in [0.4, 0.5) is 0 Å². The summed E-state index contributed by atoms with van der Waals surface area (Å²) in [6.45, 7) is 2.12. The van der Waals surface area contributed by atoms with Crippen LogP contribution < -0.4 is 0 Å². The smallest absolute Gasteiger partial charge is 0.125 e. The zero-order valence-corrected chi connectivity index (χ0v) is 5.20. The Kier molecular flexibility index (Phi) is 0.485. The lowest BCUT2D eigenvalue weighted by atomic mass is 9.96. The molecular weight excluding hydrogens is 116 g/mol. The van der Waals surface area contributed by atoms with Crippen molar-refractivity contribution in [1.82, 2.24) is 0 Å². The van der Waals surface area contributed by atoms with Gasteiger partial charge in [0.1, 0.15) is 23.9 Å². The number of fused-ring (bicyclic) bond motifs is 3. The Morgan fingerprint density at radius 3 is 3.11 bits per heavy atom. The summed E-state index contributed by atoms with van der Waals surface area (Å²) in [6, 6.07) is 0. The Bertz CT molecular complexity index is 199. The number of rotatable bonds is 0. The Morgan fingerprint density at radius 2 is 2.33 bits per heavy atom. The maximum Gasteiger partial charge on any atom is 0.125 e. The Hall–Kier alpha value is -0.340. The molecule has 0 aromatic carbocycles. The highest BCUT2D eigenvalue weighted by molar-refractivity contribution is 5.29. The van der Waals surface area contributed by atoms with Crippen molar-refractivity contribution in [3.63, 3.8) is 0 Å². The normalized spacial score (nSPS) is 66.6. The van der Waals surface area contributed by atoms with Crippen LogP contribution in [-0.4, -0.2) is 23.9 Å². The van der Waals surface area contributed by atoms with E-state index in [1.807, 2.05) is 0 Å². The molecule has 0 spiro atoms. The van der Waals surface area contributed by atoms with Crippen molar-refractivity contribution in [3.8, 4) is 0 Å². The first-order valence-electron chi connectivity index (χ1n) is 3.32. The lowest BCUT2D eigenvalue weighted by Gasteiger charge is -1.99. The quantitative estimate of drug-likeness (QED) is 0.346. The van der Waals surface area contributed by atoms with Gasteiger partial charge in [0.2, 0.25) is 0 Å². The standard InChI is InChI=1S/C7H8O2/c1-7-5(9-7)3-2-4-6(7)8-4/h2-6H,1H3/t4-,5-,6-,7-/m1/s1. The van der Waals surface area contributed by atoms with Crippen LogP contribution in [0.25, 0.3) is 0 Å². The van der Waals surface area contributed by atoms with Gasteiger partial charge in [-0.15, -0.1) is 0 Å². The second-order valence-electron chi connectivity index (χ2n) is 3.13. The largest absolute Gasteiger partial charge is 0.362 e. The third kappa shape index (κ3) is 0.373. The van der Waals surface area contributed by atoms with Crippen molar-refractivity contribution in [2.24, 2.45) is 0 Å². The monoisotopic (exact) mass is 124 g/mol.